The third-order valence-electron chi connectivity index (χ3n) is 3.42. The van der Waals surface area contributed by atoms with Gasteiger partial charge in [0.1, 0.15) is 11.5 Å². The van der Waals surface area contributed by atoms with Crippen molar-refractivity contribution in [3.05, 3.63) is 53.7 Å². The van der Waals surface area contributed by atoms with Crippen LogP contribution in [0.2, 0.25) is 0 Å². The second kappa shape index (κ2) is 5.85. The summed E-state index contributed by atoms with van der Waals surface area (Å²) in [5.41, 5.74) is 5.03. The SMILES string of the molecule is CC(C)c1c(C(=O)N/N=C/c2ncc[nH]2)[nH]c2ccccc12. The number of aromatic nitrogens is 3. The molecule has 0 saturated heterocycles. The van der Waals surface area contributed by atoms with E-state index in [1.807, 2.05) is 24.3 Å². The van der Waals surface area contributed by atoms with Crippen molar-refractivity contribution >= 4 is 23.0 Å². The van der Waals surface area contributed by atoms with E-state index in [1.54, 1.807) is 12.4 Å². The van der Waals surface area contributed by atoms with Gasteiger partial charge in [-0.1, -0.05) is 32.0 Å². The lowest BCUT2D eigenvalue weighted by atomic mass is 9.99. The van der Waals surface area contributed by atoms with Crippen LogP contribution >= 0.6 is 0 Å². The van der Waals surface area contributed by atoms with Gasteiger partial charge < -0.3 is 9.97 Å². The molecule has 3 rings (SSSR count). The molecule has 0 bridgehead atoms. The van der Waals surface area contributed by atoms with Gasteiger partial charge in [-0.2, -0.15) is 5.10 Å². The number of benzene rings is 1. The molecule has 3 aromatic rings. The van der Waals surface area contributed by atoms with Crippen LogP contribution in [-0.4, -0.2) is 27.1 Å². The molecule has 1 aromatic carbocycles. The minimum Gasteiger partial charge on any atom is -0.350 e. The fourth-order valence-electron chi connectivity index (χ4n) is 2.50. The largest absolute Gasteiger partial charge is 0.350 e. The average Bonchev–Trinajstić information content (AvgIpc) is 3.13. The quantitative estimate of drug-likeness (QED) is 0.510. The Morgan fingerprint density at radius 1 is 1.36 bits per heavy atom. The van der Waals surface area contributed by atoms with Crippen LogP contribution in [0.25, 0.3) is 10.9 Å². The first-order valence-electron chi connectivity index (χ1n) is 7.10. The molecule has 1 amide bonds. The van der Waals surface area contributed by atoms with Crippen LogP contribution in [0.5, 0.6) is 0 Å². The van der Waals surface area contributed by atoms with Crippen LogP contribution in [0, 0.1) is 0 Å². The Labute approximate surface area is 127 Å². The van der Waals surface area contributed by atoms with Crippen LogP contribution < -0.4 is 5.43 Å². The highest BCUT2D eigenvalue weighted by molar-refractivity contribution is 6.01. The van der Waals surface area contributed by atoms with Gasteiger partial charge in [-0.05, 0) is 17.5 Å². The minimum atomic E-state index is -0.261. The smallest absolute Gasteiger partial charge is 0.288 e. The normalized spacial score (nSPS) is 11.6. The van der Waals surface area contributed by atoms with Gasteiger partial charge in [-0.3, -0.25) is 4.79 Å². The molecular weight excluding hydrogens is 278 g/mol. The number of rotatable bonds is 4. The number of hydrazone groups is 1. The highest BCUT2D eigenvalue weighted by atomic mass is 16.2. The van der Waals surface area contributed by atoms with Gasteiger partial charge in [0.15, 0.2) is 0 Å². The minimum absolute atomic E-state index is 0.228. The Bertz CT molecular complexity index is 814. The Morgan fingerprint density at radius 3 is 2.91 bits per heavy atom. The first-order valence-corrected chi connectivity index (χ1v) is 7.10. The van der Waals surface area contributed by atoms with Crippen molar-refractivity contribution in [1.29, 1.82) is 0 Å². The summed E-state index contributed by atoms with van der Waals surface area (Å²) in [6, 6.07) is 7.90. The molecule has 0 aliphatic carbocycles. The number of hydrogen-bond donors (Lipinski definition) is 3. The second-order valence-corrected chi connectivity index (χ2v) is 5.29. The molecule has 22 heavy (non-hydrogen) atoms. The van der Waals surface area contributed by atoms with Gasteiger partial charge in [0.2, 0.25) is 0 Å². The molecular formula is C16H17N5O. The number of aromatic amines is 2. The molecule has 2 heterocycles. The maximum absolute atomic E-state index is 12.4. The summed E-state index contributed by atoms with van der Waals surface area (Å²) in [5, 5.41) is 4.99. The zero-order chi connectivity index (χ0) is 15.5. The Hall–Kier alpha value is -2.89. The highest BCUT2D eigenvalue weighted by Gasteiger charge is 2.19. The predicted molar refractivity (Wildman–Crippen MR) is 86.0 cm³/mol. The number of H-pyrrole nitrogens is 2. The Morgan fingerprint density at radius 2 is 2.18 bits per heavy atom. The summed E-state index contributed by atoms with van der Waals surface area (Å²) in [5.74, 6) is 0.551. The maximum atomic E-state index is 12.4. The van der Waals surface area contributed by atoms with Gasteiger partial charge in [-0.25, -0.2) is 10.4 Å². The van der Waals surface area contributed by atoms with E-state index in [4.69, 9.17) is 0 Å². The molecule has 0 aliphatic rings. The molecule has 3 N–H and O–H groups in total. The number of carbonyl (C=O) groups excluding carboxylic acids is 1. The third kappa shape index (κ3) is 2.63. The van der Waals surface area contributed by atoms with Crippen LogP contribution in [0.15, 0.2) is 41.8 Å². The van der Waals surface area contributed by atoms with E-state index in [0.29, 0.717) is 11.5 Å². The summed E-state index contributed by atoms with van der Waals surface area (Å²) < 4.78 is 0. The molecule has 0 radical (unpaired) electrons. The van der Waals surface area contributed by atoms with Crippen molar-refractivity contribution in [3.8, 4) is 0 Å². The maximum Gasteiger partial charge on any atom is 0.288 e. The number of nitrogens with one attached hydrogen (secondary N) is 3. The summed E-state index contributed by atoms with van der Waals surface area (Å²) in [4.78, 5) is 22.4. The fourth-order valence-corrected chi connectivity index (χ4v) is 2.50. The van der Waals surface area contributed by atoms with E-state index < -0.39 is 0 Å². The van der Waals surface area contributed by atoms with E-state index in [0.717, 1.165) is 16.5 Å². The lowest BCUT2D eigenvalue weighted by molar-refractivity contribution is 0.0949. The number of imidazole rings is 1. The highest BCUT2D eigenvalue weighted by Crippen LogP contribution is 2.28. The molecule has 2 aromatic heterocycles. The molecule has 0 unspecified atom stereocenters. The van der Waals surface area contributed by atoms with E-state index in [-0.39, 0.29) is 11.8 Å². The van der Waals surface area contributed by atoms with E-state index in [9.17, 15) is 4.79 Å². The molecule has 0 aliphatic heterocycles. The van der Waals surface area contributed by atoms with Gasteiger partial charge >= 0.3 is 0 Å². The fraction of sp³-hybridized carbons (Fsp3) is 0.188. The van der Waals surface area contributed by atoms with Crippen molar-refractivity contribution in [2.45, 2.75) is 19.8 Å². The first-order chi connectivity index (χ1) is 10.7. The molecule has 112 valence electrons. The van der Waals surface area contributed by atoms with E-state index in [1.165, 1.54) is 6.21 Å². The number of amides is 1. The van der Waals surface area contributed by atoms with E-state index >= 15 is 0 Å². The van der Waals surface area contributed by atoms with Crippen LogP contribution in [0.1, 0.15) is 41.6 Å². The van der Waals surface area contributed by atoms with E-state index in [2.05, 4.69) is 39.3 Å². The summed E-state index contributed by atoms with van der Waals surface area (Å²) >= 11 is 0. The number of carbonyl (C=O) groups is 1. The van der Waals surface area contributed by atoms with Crippen molar-refractivity contribution < 1.29 is 4.79 Å². The zero-order valence-corrected chi connectivity index (χ0v) is 12.4. The molecule has 0 atom stereocenters. The molecule has 0 fully saturated rings. The topological polar surface area (TPSA) is 85.9 Å². The lowest BCUT2D eigenvalue weighted by Gasteiger charge is -2.06. The summed E-state index contributed by atoms with van der Waals surface area (Å²) in [6.07, 6.45) is 4.78. The lowest BCUT2D eigenvalue weighted by Crippen LogP contribution is -2.20. The van der Waals surface area contributed by atoms with Crippen LogP contribution in [0.3, 0.4) is 0 Å². The van der Waals surface area contributed by atoms with Crippen LogP contribution in [-0.2, 0) is 0 Å². The van der Waals surface area contributed by atoms with Gasteiger partial charge in [0.05, 0.1) is 6.21 Å². The van der Waals surface area contributed by atoms with Gasteiger partial charge in [0.25, 0.3) is 5.91 Å². The van der Waals surface area contributed by atoms with Gasteiger partial charge in [-0.15, -0.1) is 0 Å². The number of nitrogens with zero attached hydrogens (tertiary/aromatic N) is 2. The summed E-state index contributed by atoms with van der Waals surface area (Å²) in [7, 11) is 0. The van der Waals surface area contributed by atoms with Crippen molar-refractivity contribution in [2.24, 2.45) is 5.10 Å². The number of fused-ring (bicyclic) bond motifs is 1. The summed E-state index contributed by atoms with van der Waals surface area (Å²) in [6.45, 7) is 4.14. The molecule has 6 heteroatoms. The molecule has 6 nitrogen and oxygen atoms in total. The second-order valence-electron chi connectivity index (χ2n) is 5.29. The van der Waals surface area contributed by atoms with Crippen molar-refractivity contribution in [2.75, 3.05) is 0 Å². The third-order valence-corrected chi connectivity index (χ3v) is 3.42. The standard InChI is InChI=1S/C16H17N5O/c1-10(2)14-11-5-3-4-6-12(11)20-15(14)16(22)21-19-9-13-17-7-8-18-13/h3-10,20H,1-2H3,(H,17,18)(H,21,22)/b19-9+. The van der Waals surface area contributed by atoms with Crippen LogP contribution in [0.4, 0.5) is 0 Å². The Balaban J connectivity index is 1.88. The predicted octanol–water partition coefficient (Wildman–Crippen LogP) is 2.78. The molecule has 0 spiro atoms. The molecule has 0 saturated carbocycles. The number of para-hydroxylation sites is 1. The zero-order valence-electron chi connectivity index (χ0n) is 12.4. The number of hydrogen-bond acceptors (Lipinski definition) is 3. The first kappa shape index (κ1) is 14.1. The average molecular weight is 295 g/mol. The Kier molecular flexibility index (Phi) is 3.74. The monoisotopic (exact) mass is 295 g/mol. The van der Waals surface area contributed by atoms with Crippen molar-refractivity contribution in [1.82, 2.24) is 20.4 Å². The van der Waals surface area contributed by atoms with Gasteiger partial charge in [0, 0.05) is 23.3 Å². The van der Waals surface area contributed by atoms with Crippen molar-refractivity contribution in [3.63, 3.8) is 0 Å².